The minimum atomic E-state index is 0. The molecule has 0 aromatic rings. The molecule has 0 aromatic carbocycles. The van der Waals surface area contributed by atoms with Crippen LogP contribution in [-0.4, -0.2) is 76.3 Å². The van der Waals surface area contributed by atoms with Gasteiger partial charge in [0.25, 0.3) is 0 Å². The van der Waals surface area contributed by atoms with E-state index in [2.05, 4.69) is 41.1 Å². The summed E-state index contributed by atoms with van der Waals surface area (Å²) >= 11 is 0. The van der Waals surface area contributed by atoms with Gasteiger partial charge in [0.15, 0.2) is 5.96 Å². The van der Waals surface area contributed by atoms with Crippen molar-refractivity contribution in [3.63, 3.8) is 0 Å². The second-order valence-electron chi connectivity index (χ2n) is 4.98. The van der Waals surface area contributed by atoms with Gasteiger partial charge in [-0.1, -0.05) is 6.92 Å². The normalized spacial score (nSPS) is 19.4. The molecule has 1 heterocycles. The molecular formula is C13H29IN4O. The Morgan fingerprint density at radius 1 is 1.42 bits per heavy atom. The Kier molecular flexibility index (Phi) is 10.6. The van der Waals surface area contributed by atoms with Gasteiger partial charge in [-0.3, -0.25) is 4.99 Å². The Labute approximate surface area is 134 Å². The van der Waals surface area contributed by atoms with Crippen LogP contribution < -0.4 is 5.32 Å². The van der Waals surface area contributed by atoms with Crippen LogP contribution in [-0.2, 0) is 4.74 Å². The summed E-state index contributed by atoms with van der Waals surface area (Å²) in [4.78, 5) is 8.81. The molecule has 6 heteroatoms. The molecule has 1 rings (SSSR count). The first-order valence-electron chi connectivity index (χ1n) is 6.85. The van der Waals surface area contributed by atoms with Crippen LogP contribution >= 0.6 is 24.0 Å². The fraction of sp³-hybridized carbons (Fsp3) is 0.923. The highest BCUT2D eigenvalue weighted by molar-refractivity contribution is 14.0. The van der Waals surface area contributed by atoms with Gasteiger partial charge in [0.1, 0.15) is 0 Å². The zero-order chi connectivity index (χ0) is 13.4. The van der Waals surface area contributed by atoms with Crippen LogP contribution in [0.4, 0.5) is 0 Å². The Morgan fingerprint density at radius 3 is 2.68 bits per heavy atom. The van der Waals surface area contributed by atoms with E-state index in [1.165, 1.54) is 6.42 Å². The molecule has 0 aromatic heterocycles. The third-order valence-corrected chi connectivity index (χ3v) is 3.45. The van der Waals surface area contributed by atoms with Gasteiger partial charge in [0.2, 0.25) is 0 Å². The van der Waals surface area contributed by atoms with Gasteiger partial charge in [0, 0.05) is 46.3 Å². The number of halogens is 1. The lowest BCUT2D eigenvalue weighted by Gasteiger charge is -2.25. The van der Waals surface area contributed by atoms with Crippen molar-refractivity contribution < 1.29 is 4.74 Å². The number of aliphatic imine (C=N–C) groups is 1. The van der Waals surface area contributed by atoms with Gasteiger partial charge in [-0.05, 0) is 20.0 Å². The number of nitrogens with zero attached hydrogens (tertiary/aromatic N) is 3. The Hall–Kier alpha value is -0.0800. The van der Waals surface area contributed by atoms with E-state index in [-0.39, 0.29) is 24.0 Å². The highest BCUT2D eigenvalue weighted by Crippen LogP contribution is 2.13. The number of hydrogen-bond donors (Lipinski definition) is 1. The number of rotatable bonds is 6. The van der Waals surface area contributed by atoms with E-state index in [1.54, 1.807) is 0 Å². The minimum absolute atomic E-state index is 0. The van der Waals surface area contributed by atoms with Crippen molar-refractivity contribution in [2.24, 2.45) is 10.9 Å². The van der Waals surface area contributed by atoms with Crippen LogP contribution in [0, 0.1) is 5.92 Å². The van der Waals surface area contributed by atoms with Gasteiger partial charge in [-0.15, -0.1) is 24.0 Å². The van der Waals surface area contributed by atoms with Crippen LogP contribution in [0.25, 0.3) is 0 Å². The van der Waals surface area contributed by atoms with E-state index in [4.69, 9.17) is 4.74 Å². The lowest BCUT2D eigenvalue weighted by atomic mass is 10.1. The van der Waals surface area contributed by atoms with Crippen molar-refractivity contribution in [2.75, 3.05) is 60.5 Å². The molecule has 0 saturated carbocycles. The molecule has 0 spiro atoms. The van der Waals surface area contributed by atoms with E-state index in [0.717, 1.165) is 45.4 Å². The molecule has 1 saturated heterocycles. The highest BCUT2D eigenvalue weighted by atomic mass is 127. The first-order valence-corrected chi connectivity index (χ1v) is 6.85. The molecule has 1 unspecified atom stereocenters. The lowest BCUT2D eigenvalue weighted by molar-refractivity contribution is 0.181. The summed E-state index contributed by atoms with van der Waals surface area (Å²) < 4.78 is 5.40. The Bertz CT molecular complexity index is 257. The van der Waals surface area contributed by atoms with Crippen LogP contribution in [0.5, 0.6) is 0 Å². The van der Waals surface area contributed by atoms with Gasteiger partial charge in [-0.25, -0.2) is 0 Å². The predicted molar refractivity (Wildman–Crippen MR) is 91.5 cm³/mol. The molecule has 1 atom stereocenters. The highest BCUT2D eigenvalue weighted by Gasteiger charge is 2.18. The van der Waals surface area contributed by atoms with Crippen molar-refractivity contribution >= 4 is 29.9 Å². The summed E-state index contributed by atoms with van der Waals surface area (Å²) in [5.41, 5.74) is 0. The average molecular weight is 384 g/mol. The molecule has 0 bridgehead atoms. The standard InChI is InChI=1S/C13H28N4O.HI/c1-5-16(3)8-7-15-13(14-2)17(4)10-12-6-9-18-11-12;/h12H,5-11H2,1-4H3,(H,14,15);1H. The van der Waals surface area contributed by atoms with Gasteiger partial charge >= 0.3 is 0 Å². The van der Waals surface area contributed by atoms with Crippen LogP contribution in [0.15, 0.2) is 4.99 Å². The predicted octanol–water partition coefficient (Wildman–Crippen LogP) is 1.10. The third kappa shape index (κ3) is 7.31. The molecule has 1 fully saturated rings. The topological polar surface area (TPSA) is 40.1 Å². The maximum absolute atomic E-state index is 5.40. The van der Waals surface area contributed by atoms with E-state index in [1.807, 2.05) is 7.05 Å². The molecular weight excluding hydrogens is 355 g/mol. The molecule has 1 N–H and O–H groups in total. The van der Waals surface area contributed by atoms with Crippen LogP contribution in [0.1, 0.15) is 13.3 Å². The third-order valence-electron chi connectivity index (χ3n) is 3.45. The van der Waals surface area contributed by atoms with Crippen LogP contribution in [0.3, 0.4) is 0 Å². The molecule has 1 aliphatic rings. The number of likely N-dealkylation sites (N-methyl/N-ethyl adjacent to an activating group) is 1. The summed E-state index contributed by atoms with van der Waals surface area (Å²) in [5, 5.41) is 3.40. The van der Waals surface area contributed by atoms with Crippen molar-refractivity contribution in [3.8, 4) is 0 Å². The molecule has 1 aliphatic heterocycles. The van der Waals surface area contributed by atoms with E-state index < -0.39 is 0 Å². The van der Waals surface area contributed by atoms with Gasteiger partial charge in [-0.2, -0.15) is 0 Å². The zero-order valence-corrected chi connectivity index (χ0v) is 15.0. The molecule has 0 amide bonds. The quantitative estimate of drug-likeness (QED) is 0.423. The molecule has 19 heavy (non-hydrogen) atoms. The summed E-state index contributed by atoms with van der Waals surface area (Å²) in [5.74, 6) is 1.62. The number of nitrogens with one attached hydrogen (secondary N) is 1. The van der Waals surface area contributed by atoms with Crippen molar-refractivity contribution in [3.05, 3.63) is 0 Å². The largest absolute Gasteiger partial charge is 0.381 e. The first kappa shape index (κ1) is 18.9. The molecule has 0 radical (unpaired) electrons. The zero-order valence-electron chi connectivity index (χ0n) is 12.7. The number of guanidine groups is 1. The second kappa shape index (κ2) is 10.7. The van der Waals surface area contributed by atoms with E-state index in [9.17, 15) is 0 Å². The second-order valence-corrected chi connectivity index (χ2v) is 4.98. The minimum Gasteiger partial charge on any atom is -0.381 e. The average Bonchev–Trinajstić information content (AvgIpc) is 2.86. The van der Waals surface area contributed by atoms with Crippen LogP contribution in [0.2, 0.25) is 0 Å². The van der Waals surface area contributed by atoms with E-state index in [0.29, 0.717) is 5.92 Å². The molecule has 114 valence electrons. The van der Waals surface area contributed by atoms with E-state index >= 15 is 0 Å². The SMILES string of the molecule is CCN(C)CCNC(=NC)N(C)CC1CCOC1.I. The lowest BCUT2D eigenvalue weighted by Crippen LogP contribution is -2.43. The van der Waals surface area contributed by atoms with Crippen molar-refractivity contribution in [1.82, 2.24) is 15.1 Å². The molecule has 0 aliphatic carbocycles. The van der Waals surface area contributed by atoms with Crippen molar-refractivity contribution in [1.29, 1.82) is 0 Å². The summed E-state index contributed by atoms with van der Waals surface area (Å²) in [6, 6.07) is 0. The fourth-order valence-corrected chi connectivity index (χ4v) is 2.10. The van der Waals surface area contributed by atoms with Gasteiger partial charge < -0.3 is 19.9 Å². The summed E-state index contributed by atoms with van der Waals surface area (Å²) in [6.45, 7) is 8.03. The summed E-state index contributed by atoms with van der Waals surface area (Å²) in [6.07, 6.45) is 1.17. The Morgan fingerprint density at radius 2 is 2.16 bits per heavy atom. The maximum Gasteiger partial charge on any atom is 0.193 e. The first-order chi connectivity index (χ1) is 8.67. The maximum atomic E-state index is 5.40. The summed E-state index contributed by atoms with van der Waals surface area (Å²) in [7, 11) is 6.06. The van der Waals surface area contributed by atoms with Gasteiger partial charge in [0.05, 0.1) is 6.61 Å². The van der Waals surface area contributed by atoms with Crippen molar-refractivity contribution in [2.45, 2.75) is 13.3 Å². The smallest absolute Gasteiger partial charge is 0.193 e. The Balaban J connectivity index is 0.00000324. The number of hydrogen-bond acceptors (Lipinski definition) is 3. The molecule has 5 nitrogen and oxygen atoms in total. The monoisotopic (exact) mass is 384 g/mol. The fourth-order valence-electron chi connectivity index (χ4n) is 2.10. The number of ether oxygens (including phenoxy) is 1.